The normalized spacial score (nSPS) is 16.5. The average Bonchev–Trinajstić information content (AvgIpc) is 2.62. The number of hydrogen-bond donors (Lipinski definition) is 0. The number of carbonyl (C=O) groups is 2. The molecule has 0 saturated heterocycles. The molecule has 0 heterocycles. The Balaban J connectivity index is 6.59. The van der Waals surface area contributed by atoms with E-state index < -0.39 is 39.8 Å². The standard InChI is InChI=1S/C22H46O6Si2/c1-11-15-17-25-19(23)21(13-3,27-29(5,6)7)22(14-4,28-30(8,9)10)20(24)26-18-16-12-2/h11-18H2,1-10H3. The van der Waals surface area contributed by atoms with Crippen LogP contribution in [0.5, 0.6) is 0 Å². The Morgan fingerprint density at radius 1 is 0.633 bits per heavy atom. The van der Waals surface area contributed by atoms with E-state index in [-0.39, 0.29) is 12.8 Å². The van der Waals surface area contributed by atoms with Crippen LogP contribution in [0.4, 0.5) is 0 Å². The van der Waals surface area contributed by atoms with Crippen molar-refractivity contribution in [1.82, 2.24) is 0 Å². The van der Waals surface area contributed by atoms with Crippen molar-refractivity contribution in [3.63, 3.8) is 0 Å². The Bertz CT molecular complexity index is 493. The molecule has 30 heavy (non-hydrogen) atoms. The van der Waals surface area contributed by atoms with Gasteiger partial charge in [0.1, 0.15) is 0 Å². The zero-order chi connectivity index (χ0) is 23.6. The molecule has 0 fully saturated rings. The van der Waals surface area contributed by atoms with Gasteiger partial charge in [0.05, 0.1) is 13.2 Å². The summed E-state index contributed by atoms with van der Waals surface area (Å²) in [5.41, 5.74) is -3.08. The first-order chi connectivity index (χ1) is 13.7. The molecular formula is C22H46O6Si2. The number of hydrogen-bond acceptors (Lipinski definition) is 6. The van der Waals surface area contributed by atoms with E-state index in [0.717, 1.165) is 25.7 Å². The summed E-state index contributed by atoms with van der Waals surface area (Å²) in [5.74, 6) is -1.04. The predicted molar refractivity (Wildman–Crippen MR) is 127 cm³/mol. The van der Waals surface area contributed by atoms with Crippen molar-refractivity contribution in [1.29, 1.82) is 0 Å². The summed E-state index contributed by atoms with van der Waals surface area (Å²) < 4.78 is 24.5. The number of ether oxygens (including phenoxy) is 2. The number of esters is 2. The van der Waals surface area contributed by atoms with Crippen molar-refractivity contribution in [2.24, 2.45) is 0 Å². The maximum atomic E-state index is 13.6. The van der Waals surface area contributed by atoms with E-state index in [1.807, 2.05) is 67.0 Å². The van der Waals surface area contributed by atoms with Crippen molar-refractivity contribution in [3.05, 3.63) is 0 Å². The molecule has 0 spiro atoms. The van der Waals surface area contributed by atoms with Crippen molar-refractivity contribution in [2.75, 3.05) is 13.2 Å². The van der Waals surface area contributed by atoms with Gasteiger partial charge in [0.25, 0.3) is 0 Å². The van der Waals surface area contributed by atoms with Gasteiger partial charge in [-0.1, -0.05) is 40.5 Å². The summed E-state index contributed by atoms with van der Waals surface area (Å²) in [6, 6.07) is 0. The molecule has 0 aromatic heterocycles. The molecule has 6 nitrogen and oxygen atoms in total. The highest BCUT2D eigenvalue weighted by molar-refractivity contribution is 6.70. The maximum absolute atomic E-state index is 13.6. The molecule has 2 unspecified atom stereocenters. The molecule has 178 valence electrons. The van der Waals surface area contributed by atoms with Crippen molar-refractivity contribution < 1.29 is 27.9 Å². The highest BCUT2D eigenvalue weighted by atomic mass is 28.4. The molecule has 2 atom stereocenters. The highest BCUT2D eigenvalue weighted by Crippen LogP contribution is 2.42. The Morgan fingerprint density at radius 3 is 1.13 bits per heavy atom. The molecule has 0 saturated carbocycles. The van der Waals surface area contributed by atoms with Crippen molar-refractivity contribution >= 4 is 28.6 Å². The quantitative estimate of drug-likeness (QED) is 0.177. The summed E-state index contributed by atoms with van der Waals surface area (Å²) in [5, 5.41) is 0. The summed E-state index contributed by atoms with van der Waals surface area (Å²) in [6.45, 7) is 20.4. The van der Waals surface area contributed by atoms with E-state index in [0.29, 0.717) is 13.2 Å². The number of unbranched alkanes of at least 4 members (excludes halogenated alkanes) is 2. The second kappa shape index (κ2) is 12.4. The molecule has 0 rings (SSSR count). The largest absolute Gasteiger partial charge is 0.463 e. The van der Waals surface area contributed by atoms with E-state index in [1.54, 1.807) is 0 Å². The topological polar surface area (TPSA) is 71.1 Å². The van der Waals surface area contributed by atoms with E-state index in [4.69, 9.17) is 18.3 Å². The third-order valence-electron chi connectivity index (χ3n) is 4.73. The molecule has 0 amide bonds. The number of carbonyl (C=O) groups excluding carboxylic acids is 2. The molecule has 0 N–H and O–H groups in total. The first kappa shape index (κ1) is 29.3. The summed E-state index contributed by atoms with van der Waals surface area (Å²) in [4.78, 5) is 27.2. The zero-order valence-corrected chi connectivity index (χ0v) is 23.1. The summed E-state index contributed by atoms with van der Waals surface area (Å²) in [6.07, 6.45) is 3.86. The summed E-state index contributed by atoms with van der Waals surface area (Å²) >= 11 is 0. The lowest BCUT2D eigenvalue weighted by Gasteiger charge is -2.50. The fraction of sp³-hybridized carbons (Fsp3) is 0.909. The van der Waals surface area contributed by atoms with Gasteiger partial charge in [0.15, 0.2) is 27.8 Å². The monoisotopic (exact) mass is 462 g/mol. The van der Waals surface area contributed by atoms with Crippen LogP contribution >= 0.6 is 0 Å². The molecule has 0 aliphatic rings. The first-order valence-electron chi connectivity index (χ1n) is 11.5. The fourth-order valence-corrected chi connectivity index (χ4v) is 6.35. The van der Waals surface area contributed by atoms with Gasteiger partial charge in [-0.2, -0.15) is 0 Å². The molecule has 8 heteroatoms. The van der Waals surface area contributed by atoms with E-state index in [2.05, 4.69) is 0 Å². The van der Waals surface area contributed by atoms with E-state index >= 15 is 0 Å². The second-order valence-corrected chi connectivity index (χ2v) is 18.6. The van der Waals surface area contributed by atoms with Gasteiger partial charge < -0.3 is 18.3 Å². The fourth-order valence-electron chi connectivity index (χ4n) is 3.48. The van der Waals surface area contributed by atoms with Crippen molar-refractivity contribution in [2.45, 2.75) is 117 Å². The van der Waals surface area contributed by atoms with Crippen LogP contribution in [0.25, 0.3) is 0 Å². The molecule has 0 aliphatic carbocycles. The lowest BCUT2D eigenvalue weighted by atomic mass is 9.78. The molecular weight excluding hydrogens is 416 g/mol. The Labute approximate surface area is 186 Å². The molecule has 0 radical (unpaired) electrons. The van der Waals surface area contributed by atoms with Crippen LogP contribution in [0.3, 0.4) is 0 Å². The molecule has 0 bridgehead atoms. The van der Waals surface area contributed by atoms with Gasteiger partial charge in [-0.3, -0.25) is 0 Å². The van der Waals surface area contributed by atoms with Gasteiger partial charge in [-0.05, 0) is 65.0 Å². The van der Waals surface area contributed by atoms with Crippen LogP contribution in [-0.2, 0) is 27.9 Å². The lowest BCUT2D eigenvalue weighted by molar-refractivity contribution is -0.207. The minimum absolute atomic E-state index is 0.267. The van der Waals surface area contributed by atoms with E-state index in [1.165, 1.54) is 0 Å². The summed E-state index contributed by atoms with van der Waals surface area (Å²) in [7, 11) is -4.57. The minimum Gasteiger partial charge on any atom is -0.463 e. The van der Waals surface area contributed by atoms with Crippen LogP contribution in [-0.4, -0.2) is 53.0 Å². The third kappa shape index (κ3) is 8.09. The zero-order valence-electron chi connectivity index (χ0n) is 21.1. The molecule has 0 aromatic rings. The third-order valence-corrected chi connectivity index (χ3v) is 6.65. The lowest BCUT2D eigenvalue weighted by Crippen LogP contribution is -2.70. The Hall–Kier alpha value is -0.706. The van der Waals surface area contributed by atoms with E-state index in [9.17, 15) is 9.59 Å². The van der Waals surface area contributed by atoms with Gasteiger partial charge in [0.2, 0.25) is 0 Å². The molecule has 0 aliphatic heterocycles. The van der Waals surface area contributed by atoms with Crippen LogP contribution < -0.4 is 0 Å². The number of rotatable bonds is 15. The van der Waals surface area contributed by atoms with Crippen molar-refractivity contribution in [3.8, 4) is 0 Å². The van der Waals surface area contributed by atoms with Gasteiger partial charge >= 0.3 is 11.9 Å². The van der Waals surface area contributed by atoms with Crippen LogP contribution in [0, 0.1) is 0 Å². The maximum Gasteiger partial charge on any atom is 0.340 e. The van der Waals surface area contributed by atoms with Crippen LogP contribution in [0.1, 0.15) is 66.2 Å². The van der Waals surface area contributed by atoms with Crippen LogP contribution in [0.15, 0.2) is 0 Å². The Morgan fingerprint density at radius 2 is 0.933 bits per heavy atom. The SMILES string of the molecule is CCCCOC(=O)C(CC)(O[Si](C)(C)C)C(CC)(O[Si](C)(C)C)C(=O)OCCCC. The van der Waals surface area contributed by atoms with Gasteiger partial charge in [-0.25, -0.2) is 9.59 Å². The second-order valence-electron chi connectivity index (χ2n) is 9.77. The van der Waals surface area contributed by atoms with Crippen LogP contribution in [0.2, 0.25) is 39.3 Å². The smallest absolute Gasteiger partial charge is 0.340 e. The average molecular weight is 463 g/mol. The Kier molecular flexibility index (Phi) is 12.1. The predicted octanol–water partition coefficient (Wildman–Crippen LogP) is 5.67. The van der Waals surface area contributed by atoms with Gasteiger partial charge in [0, 0.05) is 0 Å². The molecule has 0 aromatic carbocycles. The first-order valence-corrected chi connectivity index (χ1v) is 18.3. The highest BCUT2D eigenvalue weighted by Gasteiger charge is 2.65. The minimum atomic E-state index is -2.28. The van der Waals surface area contributed by atoms with Gasteiger partial charge in [-0.15, -0.1) is 0 Å².